The van der Waals surface area contributed by atoms with E-state index in [1.54, 1.807) is 0 Å². The second kappa shape index (κ2) is 5.53. The minimum atomic E-state index is -0.0254. The van der Waals surface area contributed by atoms with Crippen LogP contribution in [0.1, 0.15) is 27.2 Å². The summed E-state index contributed by atoms with van der Waals surface area (Å²) >= 11 is 0. The predicted octanol–water partition coefficient (Wildman–Crippen LogP) is 2.43. The van der Waals surface area contributed by atoms with Crippen molar-refractivity contribution < 1.29 is 4.79 Å². The maximum Gasteiger partial charge on any atom is 0.244 e. The lowest BCUT2D eigenvalue weighted by molar-refractivity contribution is -0.119. The van der Waals surface area contributed by atoms with E-state index in [1.807, 2.05) is 35.2 Å². The largest absolute Gasteiger partial charge is 0.311 e. The summed E-state index contributed by atoms with van der Waals surface area (Å²) < 4.78 is 0. The average molecular weight is 246 g/mol. The Bertz CT molecular complexity index is 402. The third-order valence-corrected chi connectivity index (χ3v) is 3.74. The van der Waals surface area contributed by atoms with Gasteiger partial charge < -0.3 is 10.2 Å². The summed E-state index contributed by atoms with van der Waals surface area (Å²) in [6.07, 6.45) is 0.894. The lowest BCUT2D eigenvalue weighted by Gasteiger charge is -2.22. The summed E-state index contributed by atoms with van der Waals surface area (Å²) in [4.78, 5) is 14.2. The molecule has 1 aromatic carbocycles. The van der Waals surface area contributed by atoms with E-state index < -0.39 is 0 Å². The molecule has 1 amide bonds. The molecule has 0 saturated carbocycles. The van der Waals surface area contributed by atoms with Crippen molar-refractivity contribution in [2.24, 2.45) is 5.92 Å². The van der Waals surface area contributed by atoms with Gasteiger partial charge in [0.2, 0.25) is 5.91 Å². The van der Waals surface area contributed by atoms with Crippen molar-refractivity contribution in [2.45, 2.75) is 39.3 Å². The zero-order valence-electron chi connectivity index (χ0n) is 11.4. The Kier molecular flexibility index (Phi) is 4.02. The first-order chi connectivity index (χ1) is 8.59. The summed E-state index contributed by atoms with van der Waals surface area (Å²) in [6.45, 7) is 7.30. The van der Waals surface area contributed by atoms with Gasteiger partial charge in [-0.1, -0.05) is 32.0 Å². The highest BCUT2D eigenvalue weighted by Crippen LogP contribution is 2.21. The third kappa shape index (κ3) is 2.72. The van der Waals surface area contributed by atoms with Crippen molar-refractivity contribution in [1.29, 1.82) is 0 Å². The fourth-order valence-electron chi connectivity index (χ4n) is 2.21. The molecule has 1 saturated heterocycles. The van der Waals surface area contributed by atoms with Crippen LogP contribution in [0.2, 0.25) is 0 Å². The van der Waals surface area contributed by atoms with Crippen LogP contribution >= 0.6 is 0 Å². The molecule has 3 nitrogen and oxygen atoms in total. The molecule has 3 heteroatoms. The molecule has 0 bridgehead atoms. The van der Waals surface area contributed by atoms with Crippen LogP contribution in [0.4, 0.5) is 5.69 Å². The van der Waals surface area contributed by atoms with Crippen molar-refractivity contribution in [3.63, 3.8) is 0 Å². The van der Waals surface area contributed by atoms with E-state index in [0.29, 0.717) is 12.0 Å². The second-order valence-corrected chi connectivity index (χ2v) is 5.37. The van der Waals surface area contributed by atoms with Gasteiger partial charge in [-0.05, 0) is 31.4 Å². The highest BCUT2D eigenvalue weighted by atomic mass is 16.2. The van der Waals surface area contributed by atoms with Crippen LogP contribution in [-0.4, -0.2) is 24.5 Å². The fraction of sp³-hybridized carbons (Fsp3) is 0.533. The van der Waals surface area contributed by atoms with Crippen LogP contribution in [0.25, 0.3) is 0 Å². The van der Waals surface area contributed by atoms with Crippen molar-refractivity contribution in [3.8, 4) is 0 Å². The highest BCUT2D eigenvalue weighted by molar-refractivity contribution is 5.99. The Labute approximate surface area is 109 Å². The number of rotatable bonds is 4. The van der Waals surface area contributed by atoms with Gasteiger partial charge in [0, 0.05) is 18.3 Å². The van der Waals surface area contributed by atoms with Gasteiger partial charge >= 0.3 is 0 Å². The Morgan fingerprint density at radius 3 is 2.50 bits per heavy atom. The molecule has 0 spiro atoms. The van der Waals surface area contributed by atoms with Gasteiger partial charge in [0.25, 0.3) is 0 Å². The first-order valence-corrected chi connectivity index (χ1v) is 6.72. The number of carbonyl (C=O) groups excluding carboxylic acids is 1. The molecule has 1 aliphatic heterocycles. The lowest BCUT2D eigenvalue weighted by Crippen LogP contribution is -2.44. The van der Waals surface area contributed by atoms with E-state index >= 15 is 0 Å². The van der Waals surface area contributed by atoms with Gasteiger partial charge in [-0.15, -0.1) is 0 Å². The standard InChI is InChI=1S/C15H22N2O/c1-11(2)12(3)16-14-9-10-17(15(14)18)13-7-5-4-6-8-13/h4-8,11-12,14,16H,9-10H2,1-3H3. The van der Waals surface area contributed by atoms with Crippen molar-refractivity contribution in [3.05, 3.63) is 30.3 Å². The van der Waals surface area contributed by atoms with Gasteiger partial charge in [-0.2, -0.15) is 0 Å². The molecule has 1 fully saturated rings. The van der Waals surface area contributed by atoms with Crippen LogP contribution in [0, 0.1) is 5.92 Å². The predicted molar refractivity (Wildman–Crippen MR) is 74.6 cm³/mol. The molecule has 1 heterocycles. The zero-order valence-corrected chi connectivity index (χ0v) is 11.4. The van der Waals surface area contributed by atoms with Crippen molar-refractivity contribution >= 4 is 11.6 Å². The molecule has 2 atom stereocenters. The number of benzene rings is 1. The maximum atomic E-state index is 12.3. The van der Waals surface area contributed by atoms with E-state index in [1.165, 1.54) is 0 Å². The number of hydrogen-bond acceptors (Lipinski definition) is 2. The SMILES string of the molecule is CC(C)C(C)NC1CCN(c2ccccc2)C1=O. The summed E-state index contributed by atoms with van der Waals surface area (Å²) in [7, 11) is 0. The van der Waals surface area contributed by atoms with E-state index in [2.05, 4.69) is 26.1 Å². The zero-order chi connectivity index (χ0) is 13.1. The minimum absolute atomic E-state index is 0.0254. The van der Waals surface area contributed by atoms with E-state index in [4.69, 9.17) is 0 Å². The molecular weight excluding hydrogens is 224 g/mol. The Morgan fingerprint density at radius 2 is 1.89 bits per heavy atom. The molecule has 0 radical (unpaired) electrons. The number of carbonyl (C=O) groups is 1. The topological polar surface area (TPSA) is 32.3 Å². The van der Waals surface area contributed by atoms with E-state index in [9.17, 15) is 4.79 Å². The number of hydrogen-bond donors (Lipinski definition) is 1. The molecule has 1 aromatic rings. The number of nitrogens with one attached hydrogen (secondary N) is 1. The third-order valence-electron chi connectivity index (χ3n) is 3.74. The Hall–Kier alpha value is -1.35. The summed E-state index contributed by atoms with van der Waals surface area (Å²) in [5.74, 6) is 0.747. The lowest BCUT2D eigenvalue weighted by atomic mass is 10.1. The van der Waals surface area contributed by atoms with Crippen molar-refractivity contribution in [2.75, 3.05) is 11.4 Å². The Balaban J connectivity index is 2.02. The monoisotopic (exact) mass is 246 g/mol. The molecule has 1 N–H and O–H groups in total. The van der Waals surface area contributed by atoms with Crippen LogP contribution in [-0.2, 0) is 4.79 Å². The summed E-state index contributed by atoms with van der Waals surface area (Å²) in [5, 5.41) is 3.44. The molecular formula is C15H22N2O. The first kappa shape index (κ1) is 13.1. The smallest absolute Gasteiger partial charge is 0.244 e. The van der Waals surface area contributed by atoms with Gasteiger partial charge in [0.15, 0.2) is 0 Å². The maximum absolute atomic E-state index is 12.3. The Morgan fingerprint density at radius 1 is 1.22 bits per heavy atom. The number of anilines is 1. The second-order valence-electron chi connectivity index (χ2n) is 5.37. The molecule has 18 heavy (non-hydrogen) atoms. The molecule has 0 aromatic heterocycles. The number of amides is 1. The first-order valence-electron chi connectivity index (χ1n) is 6.72. The van der Waals surface area contributed by atoms with Gasteiger partial charge in [-0.3, -0.25) is 4.79 Å². The van der Waals surface area contributed by atoms with Crippen LogP contribution < -0.4 is 10.2 Å². The number of para-hydroxylation sites is 1. The fourth-order valence-corrected chi connectivity index (χ4v) is 2.21. The van der Waals surface area contributed by atoms with Gasteiger partial charge in [-0.25, -0.2) is 0 Å². The van der Waals surface area contributed by atoms with Crippen LogP contribution in [0.5, 0.6) is 0 Å². The molecule has 2 unspecified atom stereocenters. The molecule has 1 aliphatic rings. The van der Waals surface area contributed by atoms with Gasteiger partial charge in [0.1, 0.15) is 0 Å². The quantitative estimate of drug-likeness (QED) is 0.885. The summed E-state index contributed by atoms with van der Waals surface area (Å²) in [5.41, 5.74) is 1.00. The van der Waals surface area contributed by atoms with Crippen LogP contribution in [0.15, 0.2) is 30.3 Å². The molecule has 98 valence electrons. The van der Waals surface area contributed by atoms with Crippen molar-refractivity contribution in [1.82, 2.24) is 5.32 Å². The van der Waals surface area contributed by atoms with E-state index in [-0.39, 0.29) is 11.9 Å². The molecule has 2 rings (SSSR count). The summed E-state index contributed by atoms with van der Waals surface area (Å²) in [6, 6.07) is 10.2. The van der Waals surface area contributed by atoms with Crippen LogP contribution in [0.3, 0.4) is 0 Å². The van der Waals surface area contributed by atoms with E-state index in [0.717, 1.165) is 18.7 Å². The minimum Gasteiger partial charge on any atom is -0.311 e. The normalized spacial score (nSPS) is 21.7. The average Bonchev–Trinajstić information content (AvgIpc) is 2.72. The van der Waals surface area contributed by atoms with Gasteiger partial charge in [0.05, 0.1) is 6.04 Å². The highest BCUT2D eigenvalue weighted by Gasteiger charge is 2.33. The number of nitrogens with zero attached hydrogens (tertiary/aromatic N) is 1. The molecule has 0 aliphatic carbocycles.